The summed E-state index contributed by atoms with van der Waals surface area (Å²) in [4.78, 5) is 1.17. The first kappa shape index (κ1) is 7.69. The van der Waals surface area contributed by atoms with Crippen LogP contribution in [0.15, 0.2) is 6.07 Å². The Morgan fingerprint density at radius 2 is 2.40 bits per heavy atom. The Labute approximate surface area is 65.2 Å². The molecule has 0 fully saturated rings. The molecule has 3 heteroatoms. The Hall–Kier alpha value is -0.410. The van der Waals surface area contributed by atoms with Gasteiger partial charge in [-0.1, -0.05) is 13.8 Å². The molecular formula is C7H12N2S. The first-order valence-electron chi connectivity index (χ1n) is 3.39. The van der Waals surface area contributed by atoms with Crippen molar-refractivity contribution in [1.82, 2.24) is 4.37 Å². The molecule has 1 rings (SSSR count). The summed E-state index contributed by atoms with van der Waals surface area (Å²) in [6.07, 6.45) is 0. The summed E-state index contributed by atoms with van der Waals surface area (Å²) in [5.74, 6) is 0.525. The molecule has 1 aromatic rings. The fraction of sp³-hybridized carbons (Fsp3) is 0.571. The largest absolute Gasteiger partial charge is 0.326 e. The van der Waals surface area contributed by atoms with E-state index in [2.05, 4.69) is 24.3 Å². The van der Waals surface area contributed by atoms with Gasteiger partial charge in [-0.3, -0.25) is 0 Å². The Balaban J connectivity index is 2.78. The number of rotatable bonds is 2. The van der Waals surface area contributed by atoms with Crippen LogP contribution in [0.1, 0.15) is 30.3 Å². The van der Waals surface area contributed by atoms with Crippen LogP contribution in [-0.2, 0) is 6.54 Å². The second-order valence-electron chi connectivity index (χ2n) is 2.58. The summed E-state index contributed by atoms with van der Waals surface area (Å²) in [5, 5.41) is 0. The highest BCUT2D eigenvalue weighted by Gasteiger charge is 2.03. The molecule has 0 aliphatic rings. The maximum atomic E-state index is 5.43. The number of nitrogens with two attached hydrogens (primary N) is 1. The van der Waals surface area contributed by atoms with E-state index in [0.29, 0.717) is 12.5 Å². The summed E-state index contributed by atoms with van der Waals surface area (Å²) >= 11 is 1.50. The molecule has 0 aromatic carbocycles. The van der Waals surface area contributed by atoms with Gasteiger partial charge in [0.2, 0.25) is 0 Å². The summed E-state index contributed by atoms with van der Waals surface area (Å²) in [5.41, 5.74) is 6.59. The van der Waals surface area contributed by atoms with Crippen molar-refractivity contribution in [3.8, 4) is 0 Å². The minimum Gasteiger partial charge on any atom is -0.326 e. The summed E-state index contributed by atoms with van der Waals surface area (Å²) in [7, 11) is 0. The van der Waals surface area contributed by atoms with Crippen LogP contribution in [-0.4, -0.2) is 4.37 Å². The lowest BCUT2D eigenvalue weighted by molar-refractivity contribution is 0.839. The first-order valence-corrected chi connectivity index (χ1v) is 4.17. The van der Waals surface area contributed by atoms with E-state index in [1.807, 2.05) is 0 Å². The predicted octanol–water partition coefficient (Wildman–Crippen LogP) is 1.73. The quantitative estimate of drug-likeness (QED) is 0.708. The van der Waals surface area contributed by atoms with Crippen molar-refractivity contribution in [1.29, 1.82) is 0 Å². The minimum absolute atomic E-state index is 0.525. The smallest absolute Gasteiger partial charge is 0.0570 e. The maximum absolute atomic E-state index is 5.43. The van der Waals surface area contributed by atoms with Crippen LogP contribution in [0.3, 0.4) is 0 Å². The molecule has 0 bridgehead atoms. The van der Waals surface area contributed by atoms with Crippen molar-refractivity contribution >= 4 is 11.5 Å². The van der Waals surface area contributed by atoms with Crippen LogP contribution in [0.5, 0.6) is 0 Å². The molecule has 2 nitrogen and oxygen atoms in total. The predicted molar refractivity (Wildman–Crippen MR) is 44.1 cm³/mol. The number of hydrogen-bond acceptors (Lipinski definition) is 3. The van der Waals surface area contributed by atoms with Crippen molar-refractivity contribution < 1.29 is 0 Å². The molecule has 0 atom stereocenters. The zero-order chi connectivity index (χ0) is 7.56. The monoisotopic (exact) mass is 156 g/mol. The van der Waals surface area contributed by atoms with Crippen LogP contribution in [0.2, 0.25) is 0 Å². The minimum atomic E-state index is 0.525. The van der Waals surface area contributed by atoms with E-state index in [1.54, 1.807) is 0 Å². The van der Waals surface area contributed by atoms with Gasteiger partial charge in [0.1, 0.15) is 0 Å². The van der Waals surface area contributed by atoms with Crippen molar-refractivity contribution in [2.75, 3.05) is 0 Å². The molecule has 0 amide bonds. The lowest BCUT2D eigenvalue weighted by Gasteiger charge is -1.94. The number of hydrogen-bond donors (Lipinski definition) is 1. The molecule has 0 aliphatic heterocycles. The van der Waals surface area contributed by atoms with Gasteiger partial charge < -0.3 is 5.73 Å². The van der Waals surface area contributed by atoms with Gasteiger partial charge >= 0.3 is 0 Å². The highest BCUT2D eigenvalue weighted by molar-refractivity contribution is 7.05. The van der Waals surface area contributed by atoms with E-state index >= 15 is 0 Å². The van der Waals surface area contributed by atoms with Crippen molar-refractivity contribution in [3.05, 3.63) is 16.6 Å². The average molecular weight is 156 g/mol. The van der Waals surface area contributed by atoms with E-state index in [-0.39, 0.29) is 0 Å². The Morgan fingerprint density at radius 1 is 1.70 bits per heavy atom. The summed E-state index contributed by atoms with van der Waals surface area (Å²) < 4.78 is 4.25. The van der Waals surface area contributed by atoms with Crippen LogP contribution in [0, 0.1) is 0 Å². The SMILES string of the molecule is CC(C)c1cc(CN)sn1. The van der Waals surface area contributed by atoms with E-state index in [4.69, 9.17) is 5.73 Å². The maximum Gasteiger partial charge on any atom is 0.0570 e. The first-order chi connectivity index (χ1) is 4.74. The molecule has 10 heavy (non-hydrogen) atoms. The van der Waals surface area contributed by atoms with Gasteiger partial charge in [0.25, 0.3) is 0 Å². The fourth-order valence-electron chi connectivity index (χ4n) is 0.697. The topological polar surface area (TPSA) is 38.9 Å². The van der Waals surface area contributed by atoms with Gasteiger partial charge in [0, 0.05) is 11.4 Å². The zero-order valence-electron chi connectivity index (χ0n) is 6.29. The Bertz CT molecular complexity index is 205. The van der Waals surface area contributed by atoms with Gasteiger partial charge in [-0.15, -0.1) is 0 Å². The molecule has 0 aliphatic carbocycles. The van der Waals surface area contributed by atoms with E-state index in [1.165, 1.54) is 16.4 Å². The fourth-order valence-corrected chi connectivity index (χ4v) is 1.43. The zero-order valence-corrected chi connectivity index (χ0v) is 7.11. The normalized spacial score (nSPS) is 10.8. The average Bonchev–Trinajstić information content (AvgIpc) is 2.34. The van der Waals surface area contributed by atoms with Crippen molar-refractivity contribution in [2.24, 2.45) is 5.73 Å². The molecule has 0 unspecified atom stereocenters. The van der Waals surface area contributed by atoms with Crippen LogP contribution in [0.4, 0.5) is 0 Å². The molecule has 56 valence electrons. The van der Waals surface area contributed by atoms with Gasteiger partial charge in [0.15, 0.2) is 0 Å². The molecule has 0 saturated carbocycles. The molecule has 1 heterocycles. The van der Waals surface area contributed by atoms with E-state index in [0.717, 1.165) is 5.69 Å². The summed E-state index contributed by atoms with van der Waals surface area (Å²) in [6, 6.07) is 2.08. The van der Waals surface area contributed by atoms with Crippen LogP contribution < -0.4 is 5.73 Å². The summed E-state index contributed by atoms with van der Waals surface area (Å²) in [6.45, 7) is 4.88. The standard InChI is InChI=1S/C7H12N2S/c1-5(2)7-3-6(4-8)10-9-7/h3,5H,4,8H2,1-2H3. The van der Waals surface area contributed by atoms with Gasteiger partial charge in [0.05, 0.1) is 5.69 Å². The lowest BCUT2D eigenvalue weighted by Crippen LogP contribution is -1.92. The molecule has 0 radical (unpaired) electrons. The third-order valence-corrected chi connectivity index (χ3v) is 2.19. The van der Waals surface area contributed by atoms with Gasteiger partial charge in [-0.2, -0.15) is 4.37 Å². The van der Waals surface area contributed by atoms with Crippen LogP contribution >= 0.6 is 11.5 Å². The van der Waals surface area contributed by atoms with E-state index < -0.39 is 0 Å². The van der Waals surface area contributed by atoms with Gasteiger partial charge in [-0.05, 0) is 23.5 Å². The van der Waals surface area contributed by atoms with Crippen molar-refractivity contribution in [2.45, 2.75) is 26.3 Å². The molecule has 2 N–H and O–H groups in total. The third kappa shape index (κ3) is 1.55. The Kier molecular flexibility index (Phi) is 2.40. The number of nitrogens with zero attached hydrogens (tertiary/aromatic N) is 1. The number of aromatic nitrogens is 1. The van der Waals surface area contributed by atoms with Crippen molar-refractivity contribution in [3.63, 3.8) is 0 Å². The highest BCUT2D eigenvalue weighted by atomic mass is 32.1. The lowest BCUT2D eigenvalue weighted by atomic mass is 10.1. The molecule has 0 saturated heterocycles. The second kappa shape index (κ2) is 3.12. The molecule has 0 spiro atoms. The van der Waals surface area contributed by atoms with E-state index in [9.17, 15) is 0 Å². The third-order valence-electron chi connectivity index (χ3n) is 1.37. The highest BCUT2D eigenvalue weighted by Crippen LogP contribution is 2.16. The second-order valence-corrected chi connectivity index (χ2v) is 3.47. The Morgan fingerprint density at radius 3 is 2.70 bits per heavy atom. The van der Waals surface area contributed by atoms with Gasteiger partial charge in [-0.25, -0.2) is 0 Å². The molecule has 1 aromatic heterocycles. The molecular weight excluding hydrogens is 144 g/mol. The van der Waals surface area contributed by atoms with Crippen LogP contribution in [0.25, 0.3) is 0 Å².